The minimum absolute atomic E-state index is 0.141. The van der Waals surface area contributed by atoms with E-state index in [4.69, 9.17) is 14.8 Å². The van der Waals surface area contributed by atoms with Crippen molar-refractivity contribution in [1.82, 2.24) is 0 Å². The molecule has 0 aliphatic heterocycles. The molecule has 0 aliphatic carbocycles. The van der Waals surface area contributed by atoms with Crippen LogP contribution in [0, 0.1) is 0 Å². The molecule has 5 nitrogen and oxygen atoms in total. The van der Waals surface area contributed by atoms with Gasteiger partial charge >= 0.3 is 13.7 Å². The van der Waals surface area contributed by atoms with Gasteiger partial charge in [0.15, 0.2) is 0 Å². The lowest BCUT2D eigenvalue weighted by Crippen LogP contribution is -2.14. The second-order valence-electron chi connectivity index (χ2n) is 3.37. The first-order chi connectivity index (χ1) is 7.56. The Labute approximate surface area is 93.6 Å². The fourth-order valence-corrected chi connectivity index (χ4v) is 1.39. The molecule has 1 aromatic carbocycles. The van der Waals surface area contributed by atoms with E-state index in [1.807, 2.05) is 0 Å². The van der Waals surface area contributed by atoms with Crippen molar-refractivity contribution < 1.29 is 24.7 Å². The van der Waals surface area contributed by atoms with Gasteiger partial charge in [-0.1, -0.05) is 12.1 Å². The maximum absolute atomic E-state index is 10.7. The monoisotopic (exact) mass is 223 g/mol. The highest BCUT2D eigenvalue weighted by Crippen LogP contribution is 2.24. The van der Waals surface area contributed by atoms with Gasteiger partial charge in [-0.25, -0.2) is 4.79 Å². The molecule has 85 valence electrons. The molecule has 6 heteroatoms. The highest BCUT2D eigenvalue weighted by Gasteiger charge is 2.14. The number of aromatic hydroxyl groups is 1. The Hall–Kier alpha value is -1.53. The maximum atomic E-state index is 10.7. The van der Waals surface area contributed by atoms with Crippen molar-refractivity contribution >= 4 is 13.7 Å². The van der Waals surface area contributed by atoms with Crippen LogP contribution in [0.5, 0.6) is 5.75 Å². The van der Waals surface area contributed by atoms with E-state index in [1.165, 1.54) is 6.07 Å². The molecule has 0 fully saturated rings. The molecule has 0 spiro atoms. The van der Waals surface area contributed by atoms with Crippen LogP contribution >= 0.6 is 0 Å². The summed E-state index contributed by atoms with van der Waals surface area (Å²) in [5, 5.41) is 26.9. The fraction of sp³-hybridized carbons (Fsp3) is 0.300. The molecular formula is C10H12BO5. The van der Waals surface area contributed by atoms with Gasteiger partial charge in [0.2, 0.25) is 0 Å². The smallest absolute Gasteiger partial charge is 0.485 e. The molecule has 0 saturated heterocycles. The van der Waals surface area contributed by atoms with Crippen LogP contribution in [0.3, 0.4) is 0 Å². The molecular weight excluding hydrogens is 211 g/mol. The summed E-state index contributed by atoms with van der Waals surface area (Å²) < 4.78 is 4.77. The van der Waals surface area contributed by atoms with Crippen LogP contribution in [-0.2, 0) is 11.1 Å². The number of benzene rings is 1. The van der Waals surface area contributed by atoms with Gasteiger partial charge in [-0.15, -0.1) is 0 Å². The minimum atomic E-state index is -1.18. The molecule has 1 radical (unpaired) electrons. The van der Waals surface area contributed by atoms with Crippen LogP contribution in [0.2, 0.25) is 0 Å². The number of para-hydroxylation sites is 1. The topological polar surface area (TPSA) is 87.0 Å². The third-order valence-electron chi connectivity index (χ3n) is 2.15. The average molecular weight is 223 g/mol. The lowest BCUT2D eigenvalue weighted by Gasteiger charge is -2.12. The van der Waals surface area contributed by atoms with Crippen molar-refractivity contribution in [2.24, 2.45) is 0 Å². The van der Waals surface area contributed by atoms with Crippen LogP contribution in [0.4, 0.5) is 0 Å². The Morgan fingerprint density at radius 1 is 1.56 bits per heavy atom. The standard InChI is InChI=1S/C10H12BO5/c1-6(16-11-15)5-7-3-2-4-8(9(7)12)10(13)14/h2-4,6,12,15H,5H2,1H3,(H,13,14)/t6-/m1/s1. The van der Waals surface area contributed by atoms with Crippen molar-refractivity contribution in [2.75, 3.05) is 0 Å². The van der Waals surface area contributed by atoms with E-state index < -0.39 is 5.97 Å². The van der Waals surface area contributed by atoms with Gasteiger partial charge in [-0.05, 0) is 18.6 Å². The predicted octanol–water partition coefficient (Wildman–Crippen LogP) is 0.564. The van der Waals surface area contributed by atoms with Gasteiger partial charge < -0.3 is 19.9 Å². The molecule has 0 unspecified atom stereocenters. The molecule has 1 rings (SSSR count). The van der Waals surface area contributed by atoms with E-state index in [9.17, 15) is 9.90 Å². The fourth-order valence-electron chi connectivity index (χ4n) is 1.39. The van der Waals surface area contributed by atoms with E-state index in [0.29, 0.717) is 19.7 Å². The first kappa shape index (κ1) is 12.5. The van der Waals surface area contributed by atoms with Crippen LogP contribution in [-0.4, -0.2) is 35.0 Å². The molecule has 1 atom stereocenters. The van der Waals surface area contributed by atoms with E-state index >= 15 is 0 Å². The molecule has 16 heavy (non-hydrogen) atoms. The molecule has 0 heterocycles. The maximum Gasteiger partial charge on any atom is 0.485 e. The number of carboxylic acids is 1. The zero-order chi connectivity index (χ0) is 12.1. The summed E-state index contributed by atoms with van der Waals surface area (Å²) in [5.41, 5.74) is 0.326. The average Bonchev–Trinajstić information content (AvgIpc) is 2.21. The second kappa shape index (κ2) is 5.53. The van der Waals surface area contributed by atoms with Crippen molar-refractivity contribution in [2.45, 2.75) is 19.4 Å². The van der Waals surface area contributed by atoms with E-state index in [-0.39, 0.29) is 17.4 Å². The minimum Gasteiger partial charge on any atom is -0.507 e. The highest BCUT2D eigenvalue weighted by atomic mass is 16.5. The third kappa shape index (κ3) is 2.98. The normalized spacial score (nSPS) is 12.1. The molecule has 0 amide bonds. The van der Waals surface area contributed by atoms with Crippen molar-refractivity contribution in [3.8, 4) is 5.75 Å². The summed E-state index contributed by atoms with van der Waals surface area (Å²) in [6.45, 7) is 1.69. The van der Waals surface area contributed by atoms with Gasteiger partial charge in [0.1, 0.15) is 11.3 Å². The number of hydrogen-bond acceptors (Lipinski definition) is 4. The van der Waals surface area contributed by atoms with Gasteiger partial charge in [0.05, 0.1) is 0 Å². The number of phenols is 1. The predicted molar refractivity (Wildman–Crippen MR) is 57.3 cm³/mol. The van der Waals surface area contributed by atoms with Gasteiger partial charge in [0, 0.05) is 12.5 Å². The van der Waals surface area contributed by atoms with E-state index in [0.717, 1.165) is 0 Å². The SMILES string of the molecule is C[C@H](Cc1cccc(C(=O)O)c1O)O[B]O. The second-order valence-corrected chi connectivity index (χ2v) is 3.37. The number of hydrogen-bond donors (Lipinski definition) is 3. The summed E-state index contributed by atoms with van der Waals surface area (Å²) in [6.07, 6.45) is -0.0377. The third-order valence-corrected chi connectivity index (χ3v) is 2.15. The highest BCUT2D eigenvalue weighted by molar-refractivity contribution is 6.15. The van der Waals surface area contributed by atoms with Crippen molar-refractivity contribution in [1.29, 1.82) is 0 Å². The largest absolute Gasteiger partial charge is 0.507 e. The Morgan fingerprint density at radius 3 is 2.81 bits per heavy atom. The molecule has 0 aromatic heterocycles. The Balaban J connectivity index is 2.89. The molecule has 1 aromatic rings. The van der Waals surface area contributed by atoms with Gasteiger partial charge in [0.25, 0.3) is 0 Å². The number of aromatic carboxylic acids is 1. The van der Waals surface area contributed by atoms with Crippen LogP contribution in [0.15, 0.2) is 18.2 Å². The first-order valence-electron chi connectivity index (χ1n) is 4.71. The van der Waals surface area contributed by atoms with Crippen LogP contribution < -0.4 is 0 Å². The molecule has 0 saturated carbocycles. The van der Waals surface area contributed by atoms with E-state index in [1.54, 1.807) is 19.1 Å². The quantitative estimate of drug-likeness (QED) is 0.635. The zero-order valence-corrected chi connectivity index (χ0v) is 8.75. The molecule has 3 N–H and O–H groups in total. The lowest BCUT2D eigenvalue weighted by molar-refractivity contribution is 0.0693. The summed E-state index contributed by atoms with van der Waals surface area (Å²) in [7, 11) is 0.572. The number of rotatable bonds is 5. The van der Waals surface area contributed by atoms with Crippen molar-refractivity contribution in [3.05, 3.63) is 29.3 Å². The Morgan fingerprint density at radius 2 is 2.25 bits per heavy atom. The zero-order valence-electron chi connectivity index (χ0n) is 8.75. The number of carboxylic acid groups (broad SMARTS) is 1. The summed E-state index contributed by atoms with van der Waals surface area (Å²) in [5.74, 6) is -1.44. The van der Waals surface area contributed by atoms with Gasteiger partial charge in [-0.2, -0.15) is 0 Å². The van der Waals surface area contributed by atoms with Crippen LogP contribution in [0.25, 0.3) is 0 Å². The first-order valence-corrected chi connectivity index (χ1v) is 4.71. The molecule has 0 bridgehead atoms. The summed E-state index contributed by atoms with van der Waals surface area (Å²) in [6, 6.07) is 4.48. The van der Waals surface area contributed by atoms with Gasteiger partial charge in [-0.3, -0.25) is 0 Å². The van der Waals surface area contributed by atoms with Crippen LogP contribution in [0.1, 0.15) is 22.8 Å². The molecule has 0 aliphatic rings. The lowest BCUT2D eigenvalue weighted by atomic mass is 10.0. The summed E-state index contributed by atoms with van der Waals surface area (Å²) in [4.78, 5) is 10.7. The Bertz CT molecular complexity index is 379. The Kier molecular flexibility index (Phi) is 4.33. The number of carbonyl (C=O) groups is 1. The summed E-state index contributed by atoms with van der Waals surface area (Å²) >= 11 is 0. The van der Waals surface area contributed by atoms with Crippen molar-refractivity contribution in [3.63, 3.8) is 0 Å². The van der Waals surface area contributed by atoms with E-state index in [2.05, 4.69) is 0 Å².